The van der Waals surface area contributed by atoms with Gasteiger partial charge < -0.3 is 10.1 Å². The van der Waals surface area contributed by atoms with Gasteiger partial charge in [-0.25, -0.2) is 9.86 Å². The van der Waals surface area contributed by atoms with Gasteiger partial charge in [0.05, 0.1) is 12.5 Å². The van der Waals surface area contributed by atoms with E-state index in [2.05, 4.69) is 5.32 Å². The van der Waals surface area contributed by atoms with E-state index in [-0.39, 0.29) is 25.0 Å². The lowest BCUT2D eigenvalue weighted by molar-refractivity contribution is -0.159. The van der Waals surface area contributed by atoms with Crippen LogP contribution in [0.15, 0.2) is 0 Å². The summed E-state index contributed by atoms with van der Waals surface area (Å²) in [6, 6.07) is -0.803. The molecule has 0 aliphatic rings. The molecule has 0 saturated carbocycles. The molecule has 0 aromatic rings. The van der Waals surface area contributed by atoms with E-state index in [9.17, 15) is 19.6 Å². The molecule has 0 aromatic heterocycles. The maximum absolute atomic E-state index is 12.7. The highest BCUT2D eigenvalue weighted by atomic mass is 16.5. The van der Waals surface area contributed by atoms with Crippen LogP contribution < -0.4 is 5.32 Å². The summed E-state index contributed by atoms with van der Waals surface area (Å²) in [6.45, 7) is 11.4. The highest BCUT2D eigenvalue weighted by molar-refractivity contribution is 5.86. The van der Waals surface area contributed by atoms with Gasteiger partial charge in [0.2, 0.25) is 12.3 Å². The van der Waals surface area contributed by atoms with E-state index in [4.69, 9.17) is 4.74 Å². The number of hydroxylamine groups is 2. The van der Waals surface area contributed by atoms with Gasteiger partial charge in [-0.1, -0.05) is 54.4 Å². The minimum atomic E-state index is -0.803. The van der Waals surface area contributed by atoms with Gasteiger partial charge in [-0.2, -0.15) is 0 Å². The molecule has 0 rings (SSSR count). The van der Waals surface area contributed by atoms with Crippen LogP contribution in [0, 0.1) is 11.3 Å². The smallest absolute Gasteiger partial charge is 0.329 e. The Morgan fingerprint density at radius 2 is 1.77 bits per heavy atom. The topological polar surface area (TPSA) is 95.9 Å². The zero-order valence-electron chi connectivity index (χ0n) is 17.1. The fourth-order valence-electron chi connectivity index (χ4n) is 2.60. The maximum Gasteiger partial charge on any atom is 0.329 e. The second-order valence-electron chi connectivity index (χ2n) is 7.75. The molecule has 0 aromatic carbocycles. The van der Waals surface area contributed by atoms with Crippen LogP contribution in [-0.4, -0.2) is 47.2 Å². The summed E-state index contributed by atoms with van der Waals surface area (Å²) in [6.07, 6.45) is 3.71. The SMILES string of the molecule is CCCC[C@H](CN(O)C=O)C(=O)N[C@H](C(=O)OC(CC)CC)C(C)(C)C. The summed E-state index contributed by atoms with van der Waals surface area (Å²) in [4.78, 5) is 36.0. The van der Waals surface area contributed by atoms with Gasteiger partial charge in [-0.15, -0.1) is 0 Å². The first-order valence-corrected chi connectivity index (χ1v) is 9.52. The van der Waals surface area contributed by atoms with Gasteiger partial charge in [0.25, 0.3) is 0 Å². The second kappa shape index (κ2) is 11.9. The molecule has 0 aliphatic carbocycles. The number of carbonyl (C=O) groups excluding carboxylic acids is 3. The number of carbonyl (C=O) groups is 3. The summed E-state index contributed by atoms with van der Waals surface area (Å²) in [5.41, 5.74) is -0.530. The predicted octanol–water partition coefficient (Wildman–Crippen LogP) is 2.90. The Balaban J connectivity index is 5.23. The number of hydrogen-bond acceptors (Lipinski definition) is 5. The van der Waals surface area contributed by atoms with Crippen molar-refractivity contribution in [3.8, 4) is 0 Å². The van der Waals surface area contributed by atoms with Crippen molar-refractivity contribution in [1.82, 2.24) is 10.4 Å². The van der Waals surface area contributed by atoms with E-state index in [1.165, 1.54) is 0 Å². The van der Waals surface area contributed by atoms with Crippen molar-refractivity contribution in [2.24, 2.45) is 11.3 Å². The Hall–Kier alpha value is -1.63. The number of esters is 1. The van der Waals surface area contributed by atoms with Gasteiger partial charge in [0.1, 0.15) is 12.1 Å². The van der Waals surface area contributed by atoms with E-state index in [0.717, 1.165) is 12.8 Å². The largest absolute Gasteiger partial charge is 0.461 e. The Labute approximate surface area is 157 Å². The molecule has 2 N–H and O–H groups in total. The molecule has 2 atom stereocenters. The Morgan fingerprint density at radius 1 is 1.19 bits per heavy atom. The summed E-state index contributed by atoms with van der Waals surface area (Å²) in [7, 11) is 0. The van der Waals surface area contributed by atoms with Crippen LogP contribution in [0.5, 0.6) is 0 Å². The van der Waals surface area contributed by atoms with Crippen molar-refractivity contribution in [3.63, 3.8) is 0 Å². The Kier molecular flexibility index (Phi) is 11.1. The number of hydrogen-bond donors (Lipinski definition) is 2. The van der Waals surface area contributed by atoms with E-state index in [1.807, 2.05) is 41.5 Å². The Morgan fingerprint density at radius 3 is 2.19 bits per heavy atom. The molecule has 0 saturated heterocycles. The molecular weight excluding hydrogens is 336 g/mol. The van der Waals surface area contributed by atoms with Crippen LogP contribution in [0.1, 0.15) is 73.6 Å². The lowest BCUT2D eigenvalue weighted by atomic mass is 9.86. The predicted molar refractivity (Wildman–Crippen MR) is 99.4 cm³/mol. The van der Waals surface area contributed by atoms with Crippen molar-refractivity contribution in [1.29, 1.82) is 0 Å². The normalized spacial score (nSPS) is 13.8. The molecule has 0 heterocycles. The lowest BCUT2D eigenvalue weighted by Gasteiger charge is -2.32. The maximum atomic E-state index is 12.7. The minimum Gasteiger partial charge on any atom is -0.461 e. The molecular formula is C19H36N2O5. The van der Waals surface area contributed by atoms with Crippen LogP contribution >= 0.6 is 0 Å². The van der Waals surface area contributed by atoms with Crippen molar-refractivity contribution in [3.05, 3.63) is 0 Å². The highest BCUT2D eigenvalue weighted by Gasteiger charge is 2.36. The zero-order chi connectivity index (χ0) is 20.3. The van der Waals surface area contributed by atoms with Gasteiger partial charge >= 0.3 is 5.97 Å². The number of amides is 2. The third-order valence-corrected chi connectivity index (χ3v) is 4.39. The number of nitrogens with zero attached hydrogens (tertiary/aromatic N) is 1. The average Bonchev–Trinajstić information content (AvgIpc) is 2.59. The molecule has 0 bridgehead atoms. The van der Waals surface area contributed by atoms with Crippen LogP contribution in [0.4, 0.5) is 0 Å². The van der Waals surface area contributed by atoms with Crippen LogP contribution in [0.2, 0.25) is 0 Å². The zero-order valence-corrected chi connectivity index (χ0v) is 17.1. The van der Waals surface area contributed by atoms with Crippen LogP contribution in [0.3, 0.4) is 0 Å². The van der Waals surface area contributed by atoms with E-state index in [0.29, 0.717) is 24.3 Å². The Bertz CT molecular complexity index is 444. The van der Waals surface area contributed by atoms with Gasteiger partial charge in [-0.05, 0) is 24.7 Å². The van der Waals surface area contributed by atoms with Crippen molar-refractivity contribution in [2.75, 3.05) is 6.54 Å². The van der Waals surface area contributed by atoms with Crippen molar-refractivity contribution >= 4 is 18.3 Å². The number of rotatable bonds is 12. The van der Waals surface area contributed by atoms with E-state index in [1.54, 1.807) is 0 Å². The third kappa shape index (κ3) is 8.65. The first kappa shape index (κ1) is 24.4. The van der Waals surface area contributed by atoms with Gasteiger partial charge in [0.15, 0.2) is 0 Å². The number of nitrogens with one attached hydrogen (secondary N) is 1. The van der Waals surface area contributed by atoms with E-state index < -0.39 is 23.3 Å². The lowest BCUT2D eigenvalue weighted by Crippen LogP contribution is -2.53. The third-order valence-electron chi connectivity index (χ3n) is 4.39. The molecule has 0 fully saturated rings. The molecule has 26 heavy (non-hydrogen) atoms. The number of ether oxygens (including phenoxy) is 1. The summed E-state index contributed by atoms with van der Waals surface area (Å²) >= 11 is 0. The minimum absolute atomic E-state index is 0.103. The van der Waals surface area contributed by atoms with E-state index >= 15 is 0 Å². The molecule has 0 aliphatic heterocycles. The van der Waals surface area contributed by atoms with Crippen LogP contribution in [0.25, 0.3) is 0 Å². The molecule has 0 unspecified atom stereocenters. The molecule has 0 spiro atoms. The van der Waals surface area contributed by atoms with Gasteiger partial charge in [-0.3, -0.25) is 14.8 Å². The fraction of sp³-hybridized carbons (Fsp3) is 0.842. The molecule has 2 amide bonds. The fourth-order valence-corrected chi connectivity index (χ4v) is 2.60. The summed E-state index contributed by atoms with van der Waals surface area (Å²) in [5.74, 6) is -1.40. The summed E-state index contributed by atoms with van der Waals surface area (Å²) in [5, 5.41) is 12.7. The molecule has 152 valence electrons. The molecule has 7 nitrogen and oxygen atoms in total. The quantitative estimate of drug-likeness (QED) is 0.238. The monoisotopic (exact) mass is 372 g/mol. The van der Waals surface area contributed by atoms with Crippen molar-refractivity contribution < 1.29 is 24.3 Å². The average molecular weight is 373 g/mol. The standard InChI is InChI=1S/C19H36N2O5/c1-7-10-11-14(12-21(25)13-22)17(23)20-16(19(4,5)6)18(24)26-15(8-2)9-3/h13-16,25H,7-12H2,1-6H3,(H,20,23)/t14-,16-/m1/s1. The first-order valence-electron chi connectivity index (χ1n) is 9.52. The molecule has 0 radical (unpaired) electrons. The summed E-state index contributed by atoms with van der Waals surface area (Å²) < 4.78 is 5.53. The number of unbranched alkanes of at least 4 members (excludes halogenated alkanes) is 1. The van der Waals surface area contributed by atoms with Crippen LogP contribution in [-0.2, 0) is 19.1 Å². The second-order valence-corrected chi connectivity index (χ2v) is 7.75. The molecule has 7 heteroatoms. The highest BCUT2D eigenvalue weighted by Crippen LogP contribution is 2.23. The van der Waals surface area contributed by atoms with Crippen molar-refractivity contribution in [2.45, 2.75) is 85.8 Å². The van der Waals surface area contributed by atoms with Gasteiger partial charge in [0, 0.05) is 0 Å². The first-order chi connectivity index (χ1) is 12.1.